The number of rotatable bonds is 3. The molecule has 0 N–H and O–H groups in total. The van der Waals surface area contributed by atoms with Gasteiger partial charge in [-0.25, -0.2) is 9.48 Å². The number of hydrogen-bond donors (Lipinski definition) is 0. The van der Waals surface area contributed by atoms with Gasteiger partial charge in [-0.05, 0) is 41.1 Å². The van der Waals surface area contributed by atoms with Crippen LogP contribution in [-0.4, -0.2) is 22.9 Å². The number of aromatic nitrogens is 2. The molecule has 0 radical (unpaired) electrons. The van der Waals surface area contributed by atoms with Crippen molar-refractivity contribution in [2.45, 2.75) is 0 Å². The molecular weight excluding hydrogens is 344 g/mol. The molecular formula is C21H16N2O4. The summed E-state index contributed by atoms with van der Waals surface area (Å²) in [6, 6.07) is 17.9. The highest BCUT2D eigenvalue weighted by Gasteiger charge is 2.17. The van der Waals surface area contributed by atoms with Crippen molar-refractivity contribution in [2.24, 2.45) is 7.05 Å². The van der Waals surface area contributed by atoms with Crippen molar-refractivity contribution in [2.75, 3.05) is 7.11 Å². The summed E-state index contributed by atoms with van der Waals surface area (Å²) in [7, 11) is 3.11. The molecule has 0 aliphatic rings. The second-order valence-corrected chi connectivity index (χ2v) is 6.09. The Labute approximate surface area is 154 Å². The van der Waals surface area contributed by atoms with Gasteiger partial charge in [-0.2, -0.15) is 5.10 Å². The zero-order valence-corrected chi connectivity index (χ0v) is 14.8. The molecule has 6 heteroatoms. The fraction of sp³-hybridized carbons (Fsp3) is 0.0952. The Kier molecular flexibility index (Phi) is 4.08. The van der Waals surface area contributed by atoms with Crippen LogP contribution in [0.15, 0.2) is 65.5 Å². The van der Waals surface area contributed by atoms with Crippen LogP contribution in [0.1, 0.15) is 10.5 Å². The van der Waals surface area contributed by atoms with E-state index in [9.17, 15) is 9.59 Å². The van der Waals surface area contributed by atoms with E-state index in [0.717, 1.165) is 21.2 Å². The van der Waals surface area contributed by atoms with Crippen LogP contribution in [-0.2, 0) is 7.05 Å². The molecule has 4 aromatic rings. The largest absolute Gasteiger partial charge is 0.497 e. The molecule has 0 aliphatic heterocycles. The van der Waals surface area contributed by atoms with Crippen molar-refractivity contribution in [3.63, 3.8) is 0 Å². The average Bonchev–Trinajstić information content (AvgIpc) is 2.70. The van der Waals surface area contributed by atoms with Gasteiger partial charge in [-0.15, -0.1) is 0 Å². The quantitative estimate of drug-likeness (QED) is 0.414. The molecule has 0 amide bonds. The fourth-order valence-electron chi connectivity index (χ4n) is 3.00. The molecule has 0 aliphatic carbocycles. The zero-order valence-electron chi connectivity index (χ0n) is 14.8. The minimum absolute atomic E-state index is 0.0958. The van der Waals surface area contributed by atoms with Crippen molar-refractivity contribution in [1.29, 1.82) is 0 Å². The normalized spacial score (nSPS) is 10.9. The highest BCUT2D eigenvalue weighted by Crippen LogP contribution is 2.25. The number of carbonyl (C=O) groups is 1. The highest BCUT2D eigenvalue weighted by atomic mass is 16.5. The highest BCUT2D eigenvalue weighted by molar-refractivity contribution is 6.03. The van der Waals surface area contributed by atoms with E-state index in [4.69, 9.17) is 9.47 Å². The SMILES string of the molecule is COc1ccc2ccc(OC(=O)c3nn(C)c(=O)c4ccccc34)cc2c1. The van der Waals surface area contributed by atoms with Crippen LogP contribution in [0.5, 0.6) is 11.5 Å². The number of aryl methyl sites for hydroxylation is 1. The first-order valence-electron chi connectivity index (χ1n) is 8.33. The number of benzene rings is 3. The standard InChI is InChI=1S/C21H16N2O4/c1-23-20(24)18-6-4-3-5-17(18)19(22-23)21(25)27-16-10-8-13-7-9-15(26-2)11-14(13)12-16/h3-12H,1-2H3. The number of esters is 1. The Hall–Kier alpha value is -3.67. The Balaban J connectivity index is 1.74. The van der Waals surface area contributed by atoms with Crippen LogP contribution in [0.25, 0.3) is 21.5 Å². The predicted octanol–water partition coefficient (Wildman–Crippen LogP) is 3.31. The number of fused-ring (bicyclic) bond motifs is 2. The van der Waals surface area contributed by atoms with Crippen molar-refractivity contribution in [1.82, 2.24) is 9.78 Å². The Bertz CT molecular complexity index is 1240. The zero-order chi connectivity index (χ0) is 19.0. The molecule has 3 aromatic carbocycles. The van der Waals surface area contributed by atoms with Gasteiger partial charge in [-0.1, -0.05) is 30.3 Å². The van der Waals surface area contributed by atoms with Gasteiger partial charge in [-0.3, -0.25) is 4.79 Å². The first-order chi connectivity index (χ1) is 13.1. The predicted molar refractivity (Wildman–Crippen MR) is 102 cm³/mol. The minimum Gasteiger partial charge on any atom is -0.497 e. The fourth-order valence-corrected chi connectivity index (χ4v) is 3.00. The van der Waals surface area contributed by atoms with Gasteiger partial charge in [0.2, 0.25) is 0 Å². The Morgan fingerprint density at radius 3 is 2.33 bits per heavy atom. The van der Waals surface area contributed by atoms with Crippen LogP contribution in [0, 0.1) is 0 Å². The molecule has 0 atom stereocenters. The first kappa shape index (κ1) is 16.8. The lowest BCUT2D eigenvalue weighted by Gasteiger charge is -2.09. The molecule has 0 saturated heterocycles. The van der Waals surface area contributed by atoms with E-state index in [1.807, 2.05) is 24.3 Å². The number of methoxy groups -OCH3 is 1. The van der Waals surface area contributed by atoms with Crippen LogP contribution in [0.2, 0.25) is 0 Å². The molecule has 0 saturated carbocycles. The van der Waals surface area contributed by atoms with E-state index >= 15 is 0 Å². The summed E-state index contributed by atoms with van der Waals surface area (Å²) >= 11 is 0. The summed E-state index contributed by atoms with van der Waals surface area (Å²) in [5.41, 5.74) is -0.168. The summed E-state index contributed by atoms with van der Waals surface area (Å²) in [4.78, 5) is 24.9. The molecule has 6 nitrogen and oxygen atoms in total. The van der Waals surface area contributed by atoms with E-state index in [-0.39, 0.29) is 11.3 Å². The maximum Gasteiger partial charge on any atom is 0.364 e. The summed E-state index contributed by atoms with van der Waals surface area (Å²) in [6.07, 6.45) is 0. The minimum atomic E-state index is -0.621. The van der Waals surface area contributed by atoms with Gasteiger partial charge < -0.3 is 9.47 Å². The van der Waals surface area contributed by atoms with Crippen LogP contribution in [0.3, 0.4) is 0 Å². The molecule has 4 rings (SSSR count). The van der Waals surface area contributed by atoms with Gasteiger partial charge in [0.15, 0.2) is 5.69 Å². The van der Waals surface area contributed by atoms with E-state index in [1.165, 1.54) is 7.05 Å². The lowest BCUT2D eigenvalue weighted by molar-refractivity contribution is 0.0728. The lowest BCUT2D eigenvalue weighted by atomic mass is 10.1. The molecule has 134 valence electrons. The van der Waals surface area contributed by atoms with Gasteiger partial charge in [0.05, 0.1) is 12.5 Å². The third-order valence-electron chi connectivity index (χ3n) is 4.38. The molecule has 0 fully saturated rings. The second-order valence-electron chi connectivity index (χ2n) is 6.09. The number of nitrogens with zero attached hydrogens (tertiary/aromatic N) is 2. The number of carbonyl (C=O) groups excluding carboxylic acids is 1. The summed E-state index contributed by atoms with van der Waals surface area (Å²) in [5.74, 6) is 0.487. The molecule has 1 heterocycles. The monoisotopic (exact) mass is 360 g/mol. The van der Waals surface area contributed by atoms with E-state index in [0.29, 0.717) is 16.5 Å². The third kappa shape index (κ3) is 3.01. The van der Waals surface area contributed by atoms with Gasteiger partial charge in [0, 0.05) is 12.4 Å². The summed E-state index contributed by atoms with van der Waals surface area (Å²) in [6.45, 7) is 0. The van der Waals surface area contributed by atoms with Crippen molar-refractivity contribution in [3.8, 4) is 11.5 Å². The van der Waals surface area contributed by atoms with Crippen LogP contribution < -0.4 is 15.0 Å². The molecule has 0 spiro atoms. The van der Waals surface area contributed by atoms with Gasteiger partial charge in [0.1, 0.15) is 11.5 Å². The average molecular weight is 360 g/mol. The summed E-state index contributed by atoms with van der Waals surface area (Å²) < 4.78 is 11.9. The lowest BCUT2D eigenvalue weighted by Crippen LogP contribution is -2.24. The van der Waals surface area contributed by atoms with Gasteiger partial charge >= 0.3 is 5.97 Å². The van der Waals surface area contributed by atoms with Crippen molar-refractivity contribution < 1.29 is 14.3 Å². The topological polar surface area (TPSA) is 70.4 Å². The van der Waals surface area contributed by atoms with E-state index < -0.39 is 5.97 Å². The third-order valence-corrected chi connectivity index (χ3v) is 4.38. The first-order valence-corrected chi connectivity index (χ1v) is 8.33. The molecule has 0 bridgehead atoms. The molecule has 1 aromatic heterocycles. The molecule has 27 heavy (non-hydrogen) atoms. The molecule has 0 unspecified atom stereocenters. The van der Waals surface area contributed by atoms with Crippen molar-refractivity contribution >= 4 is 27.5 Å². The maximum atomic E-state index is 12.7. The number of ether oxygens (including phenoxy) is 2. The van der Waals surface area contributed by atoms with E-state index in [2.05, 4.69) is 5.10 Å². The Morgan fingerprint density at radius 1 is 0.926 bits per heavy atom. The summed E-state index contributed by atoms with van der Waals surface area (Å²) in [5, 5.41) is 6.87. The van der Waals surface area contributed by atoms with Crippen molar-refractivity contribution in [3.05, 3.63) is 76.7 Å². The smallest absolute Gasteiger partial charge is 0.364 e. The second kappa shape index (κ2) is 6.57. The maximum absolute atomic E-state index is 12.7. The van der Waals surface area contributed by atoms with E-state index in [1.54, 1.807) is 43.5 Å². The number of hydrogen-bond acceptors (Lipinski definition) is 5. The van der Waals surface area contributed by atoms with Gasteiger partial charge in [0.25, 0.3) is 5.56 Å². The van der Waals surface area contributed by atoms with Crippen LogP contribution >= 0.6 is 0 Å². The Morgan fingerprint density at radius 2 is 1.59 bits per heavy atom. The van der Waals surface area contributed by atoms with Crippen LogP contribution in [0.4, 0.5) is 0 Å².